The highest BCUT2D eigenvalue weighted by Crippen LogP contribution is 2.22. The molecule has 0 aromatic heterocycles. The molecule has 2 N–H and O–H groups in total. The van der Waals surface area contributed by atoms with Crippen molar-refractivity contribution in [3.8, 4) is 5.75 Å². The molecule has 0 spiro atoms. The molecule has 2 aromatic carbocycles. The summed E-state index contributed by atoms with van der Waals surface area (Å²) in [6.07, 6.45) is 1.53. The Balaban J connectivity index is 2.22. The van der Waals surface area contributed by atoms with Crippen LogP contribution in [-0.4, -0.2) is 11.7 Å². The average Bonchev–Trinajstić information content (AvgIpc) is 2.44. The monoisotopic (exact) mass is 291 g/mol. The zero-order valence-electron chi connectivity index (χ0n) is 11.9. The van der Waals surface area contributed by atoms with Crippen molar-refractivity contribution in [1.29, 1.82) is 0 Å². The van der Waals surface area contributed by atoms with Crippen molar-refractivity contribution >= 4 is 0 Å². The van der Waals surface area contributed by atoms with Gasteiger partial charge in [-0.1, -0.05) is 19.1 Å². The predicted molar refractivity (Wildman–Crippen MR) is 79.2 cm³/mol. The molecule has 2 rings (SSSR count). The first-order valence-electron chi connectivity index (χ1n) is 7.05. The van der Waals surface area contributed by atoms with Crippen LogP contribution in [0.15, 0.2) is 42.5 Å². The number of hydrogen-bond donors (Lipinski definition) is 2. The number of rotatable bonds is 6. The normalized spacial score (nSPS) is 12.3. The first kappa shape index (κ1) is 15.4. The lowest BCUT2D eigenvalue weighted by molar-refractivity contribution is 0.474. The van der Waals surface area contributed by atoms with Crippen LogP contribution in [0.4, 0.5) is 8.78 Å². The van der Waals surface area contributed by atoms with Gasteiger partial charge in [0.1, 0.15) is 17.4 Å². The van der Waals surface area contributed by atoms with Crippen LogP contribution in [0.3, 0.4) is 0 Å². The maximum atomic E-state index is 13.4. The van der Waals surface area contributed by atoms with Crippen LogP contribution in [0.2, 0.25) is 0 Å². The summed E-state index contributed by atoms with van der Waals surface area (Å²) in [5.74, 6) is -0.938. The molecular formula is C17H19F2NO. The predicted octanol–water partition coefficient (Wildman–Crippen LogP) is 3.95. The van der Waals surface area contributed by atoms with Crippen LogP contribution in [-0.2, 0) is 6.42 Å². The van der Waals surface area contributed by atoms with Crippen molar-refractivity contribution < 1.29 is 13.9 Å². The van der Waals surface area contributed by atoms with Crippen LogP contribution >= 0.6 is 0 Å². The van der Waals surface area contributed by atoms with Gasteiger partial charge in [-0.2, -0.15) is 0 Å². The average molecular weight is 291 g/mol. The van der Waals surface area contributed by atoms with Gasteiger partial charge in [-0.05, 0) is 54.8 Å². The quantitative estimate of drug-likeness (QED) is 0.844. The zero-order valence-corrected chi connectivity index (χ0v) is 11.9. The van der Waals surface area contributed by atoms with E-state index >= 15 is 0 Å². The van der Waals surface area contributed by atoms with E-state index in [0.717, 1.165) is 24.6 Å². The first-order chi connectivity index (χ1) is 10.1. The van der Waals surface area contributed by atoms with Gasteiger partial charge in [0.15, 0.2) is 0 Å². The van der Waals surface area contributed by atoms with Crippen molar-refractivity contribution in [3.63, 3.8) is 0 Å². The number of phenols is 1. The van der Waals surface area contributed by atoms with Crippen molar-refractivity contribution in [2.24, 2.45) is 0 Å². The molecule has 1 atom stereocenters. The fraction of sp³-hybridized carbons (Fsp3) is 0.294. The number of hydrogen-bond acceptors (Lipinski definition) is 2. The van der Waals surface area contributed by atoms with E-state index in [9.17, 15) is 13.9 Å². The second-order valence-corrected chi connectivity index (χ2v) is 5.08. The smallest absolute Gasteiger partial charge is 0.126 e. The largest absolute Gasteiger partial charge is 0.508 e. The van der Waals surface area contributed by atoms with Crippen LogP contribution < -0.4 is 5.32 Å². The molecule has 0 fully saturated rings. The molecule has 4 heteroatoms. The molecule has 2 aromatic rings. The first-order valence-corrected chi connectivity index (χ1v) is 7.05. The summed E-state index contributed by atoms with van der Waals surface area (Å²) in [6, 6.07) is 10.3. The van der Waals surface area contributed by atoms with Crippen LogP contribution in [0.25, 0.3) is 0 Å². The fourth-order valence-electron chi connectivity index (χ4n) is 2.27. The van der Waals surface area contributed by atoms with Gasteiger partial charge in [0, 0.05) is 12.1 Å². The molecule has 0 radical (unpaired) electrons. The minimum atomic E-state index is -0.570. The van der Waals surface area contributed by atoms with E-state index in [4.69, 9.17) is 0 Å². The minimum absolute atomic E-state index is 0.167. The van der Waals surface area contributed by atoms with Crippen molar-refractivity contribution in [1.82, 2.24) is 5.32 Å². The molecule has 0 aliphatic heterocycles. The molecular weight excluding hydrogens is 272 g/mol. The summed E-state index contributed by atoms with van der Waals surface area (Å²) in [6.45, 7) is 2.80. The van der Waals surface area contributed by atoms with E-state index in [1.54, 1.807) is 12.1 Å². The summed E-state index contributed by atoms with van der Waals surface area (Å²) in [4.78, 5) is 0. The van der Waals surface area contributed by atoms with Crippen LogP contribution in [0.1, 0.15) is 30.5 Å². The lowest BCUT2D eigenvalue weighted by Crippen LogP contribution is -2.24. The maximum Gasteiger partial charge on any atom is 0.126 e. The Morgan fingerprint density at radius 1 is 1.05 bits per heavy atom. The van der Waals surface area contributed by atoms with E-state index < -0.39 is 11.6 Å². The molecule has 0 heterocycles. The molecule has 112 valence electrons. The van der Waals surface area contributed by atoms with E-state index in [1.807, 2.05) is 19.1 Å². The SMILES string of the molecule is CCCNC(Cc1ccc(O)cc1)c1cc(F)cc(F)c1. The topological polar surface area (TPSA) is 32.3 Å². The number of benzene rings is 2. The summed E-state index contributed by atoms with van der Waals surface area (Å²) in [5, 5.41) is 12.6. The molecule has 0 bridgehead atoms. The highest BCUT2D eigenvalue weighted by molar-refractivity contribution is 5.29. The zero-order chi connectivity index (χ0) is 15.2. The standard InChI is InChI=1S/C17H19F2NO/c1-2-7-20-17(8-12-3-5-16(21)6-4-12)13-9-14(18)11-15(19)10-13/h3-6,9-11,17,20-21H,2,7-8H2,1H3. The van der Waals surface area contributed by atoms with E-state index in [-0.39, 0.29) is 11.8 Å². The second kappa shape index (κ2) is 7.18. The third kappa shape index (κ3) is 4.53. The fourth-order valence-corrected chi connectivity index (χ4v) is 2.27. The Morgan fingerprint density at radius 2 is 1.67 bits per heavy atom. The molecule has 1 unspecified atom stereocenters. The van der Waals surface area contributed by atoms with Gasteiger partial charge in [0.25, 0.3) is 0 Å². The van der Waals surface area contributed by atoms with Crippen LogP contribution in [0, 0.1) is 11.6 Å². The lowest BCUT2D eigenvalue weighted by Gasteiger charge is -2.19. The van der Waals surface area contributed by atoms with Gasteiger partial charge < -0.3 is 10.4 Å². The second-order valence-electron chi connectivity index (χ2n) is 5.08. The molecule has 2 nitrogen and oxygen atoms in total. The van der Waals surface area contributed by atoms with E-state index in [1.165, 1.54) is 12.1 Å². The molecule has 0 aliphatic carbocycles. The summed E-state index contributed by atoms with van der Waals surface area (Å²) < 4.78 is 26.8. The highest BCUT2D eigenvalue weighted by Gasteiger charge is 2.14. The third-order valence-corrected chi connectivity index (χ3v) is 3.30. The third-order valence-electron chi connectivity index (χ3n) is 3.30. The Labute approximate surface area is 123 Å². The van der Waals surface area contributed by atoms with Crippen molar-refractivity contribution in [2.75, 3.05) is 6.54 Å². The number of aromatic hydroxyl groups is 1. The van der Waals surface area contributed by atoms with Crippen LogP contribution in [0.5, 0.6) is 5.75 Å². The van der Waals surface area contributed by atoms with E-state index in [2.05, 4.69) is 5.32 Å². The molecule has 0 aliphatic rings. The van der Waals surface area contributed by atoms with Gasteiger partial charge in [0.05, 0.1) is 0 Å². The highest BCUT2D eigenvalue weighted by atomic mass is 19.1. The molecule has 0 saturated carbocycles. The minimum Gasteiger partial charge on any atom is -0.508 e. The van der Waals surface area contributed by atoms with E-state index in [0.29, 0.717) is 12.0 Å². The van der Waals surface area contributed by atoms with Gasteiger partial charge in [-0.3, -0.25) is 0 Å². The lowest BCUT2D eigenvalue weighted by atomic mass is 9.98. The number of halogens is 2. The van der Waals surface area contributed by atoms with Gasteiger partial charge in [0.2, 0.25) is 0 Å². The van der Waals surface area contributed by atoms with Gasteiger partial charge >= 0.3 is 0 Å². The number of nitrogens with one attached hydrogen (secondary N) is 1. The Kier molecular flexibility index (Phi) is 5.28. The molecule has 0 amide bonds. The summed E-state index contributed by atoms with van der Waals surface area (Å²) in [5.41, 5.74) is 1.58. The van der Waals surface area contributed by atoms with Gasteiger partial charge in [-0.15, -0.1) is 0 Å². The van der Waals surface area contributed by atoms with Crippen molar-refractivity contribution in [2.45, 2.75) is 25.8 Å². The summed E-state index contributed by atoms with van der Waals surface area (Å²) in [7, 11) is 0. The number of phenolic OH excluding ortho intramolecular Hbond substituents is 1. The Morgan fingerprint density at radius 3 is 2.24 bits per heavy atom. The molecule has 0 saturated heterocycles. The molecule has 21 heavy (non-hydrogen) atoms. The summed E-state index contributed by atoms with van der Waals surface area (Å²) >= 11 is 0. The Hall–Kier alpha value is -1.94. The maximum absolute atomic E-state index is 13.4. The van der Waals surface area contributed by atoms with Crippen molar-refractivity contribution in [3.05, 3.63) is 65.2 Å². The Bertz CT molecular complexity index is 564. The van der Waals surface area contributed by atoms with Gasteiger partial charge in [-0.25, -0.2) is 8.78 Å².